The summed E-state index contributed by atoms with van der Waals surface area (Å²) in [6, 6.07) is 10.5. The molecule has 0 aromatic heterocycles. The van der Waals surface area contributed by atoms with Crippen LogP contribution in [0.1, 0.15) is 39.7 Å². The first-order valence-electron chi connectivity index (χ1n) is 6.42. The number of nitrogens with zero attached hydrogens (tertiary/aromatic N) is 1. The SMILES string of the molecule is CCC(C)C1=CC(C)(C)C(c2ccccc2)=N1. The van der Waals surface area contributed by atoms with Crippen LogP contribution in [0.25, 0.3) is 0 Å². The number of benzene rings is 1. The van der Waals surface area contributed by atoms with E-state index in [1.165, 1.54) is 17.0 Å². The first-order chi connectivity index (χ1) is 8.04. The van der Waals surface area contributed by atoms with Gasteiger partial charge < -0.3 is 0 Å². The molecule has 0 fully saturated rings. The molecule has 0 saturated heterocycles. The van der Waals surface area contributed by atoms with Crippen molar-refractivity contribution in [1.29, 1.82) is 0 Å². The Morgan fingerprint density at radius 3 is 2.41 bits per heavy atom. The first-order valence-corrected chi connectivity index (χ1v) is 6.42. The Labute approximate surface area is 104 Å². The molecular weight excluding hydrogens is 206 g/mol. The van der Waals surface area contributed by atoms with Gasteiger partial charge in [-0.05, 0) is 17.9 Å². The molecule has 1 nitrogen and oxygen atoms in total. The molecule has 2 rings (SSSR count). The van der Waals surface area contributed by atoms with Gasteiger partial charge in [0.15, 0.2) is 0 Å². The van der Waals surface area contributed by atoms with Crippen LogP contribution in [-0.2, 0) is 0 Å². The second-order valence-corrected chi connectivity index (χ2v) is 5.43. The summed E-state index contributed by atoms with van der Waals surface area (Å²) in [7, 11) is 0. The molecule has 1 aromatic rings. The lowest BCUT2D eigenvalue weighted by atomic mass is 9.84. The molecule has 0 aliphatic carbocycles. The van der Waals surface area contributed by atoms with Crippen molar-refractivity contribution in [3.05, 3.63) is 47.7 Å². The van der Waals surface area contributed by atoms with Crippen LogP contribution in [-0.4, -0.2) is 5.71 Å². The summed E-state index contributed by atoms with van der Waals surface area (Å²) >= 11 is 0. The number of hydrogen-bond donors (Lipinski definition) is 0. The van der Waals surface area contributed by atoms with Gasteiger partial charge in [0.05, 0.1) is 5.71 Å². The van der Waals surface area contributed by atoms with Crippen molar-refractivity contribution >= 4 is 5.71 Å². The molecule has 1 heteroatoms. The lowest BCUT2D eigenvalue weighted by Crippen LogP contribution is -2.19. The number of aliphatic imine (C=N–C) groups is 1. The summed E-state index contributed by atoms with van der Waals surface area (Å²) in [6.07, 6.45) is 3.47. The molecule has 0 saturated carbocycles. The lowest BCUT2D eigenvalue weighted by Gasteiger charge is -2.18. The van der Waals surface area contributed by atoms with Crippen LogP contribution in [0.15, 0.2) is 47.1 Å². The van der Waals surface area contributed by atoms with Gasteiger partial charge in [0.1, 0.15) is 0 Å². The van der Waals surface area contributed by atoms with E-state index < -0.39 is 0 Å². The summed E-state index contributed by atoms with van der Waals surface area (Å²) in [4.78, 5) is 4.86. The minimum atomic E-state index is 0.0557. The van der Waals surface area contributed by atoms with Crippen LogP contribution < -0.4 is 0 Å². The average Bonchev–Trinajstić information content (AvgIpc) is 2.65. The average molecular weight is 227 g/mol. The van der Waals surface area contributed by atoms with Crippen LogP contribution in [0.2, 0.25) is 0 Å². The second kappa shape index (κ2) is 4.48. The maximum atomic E-state index is 4.86. The quantitative estimate of drug-likeness (QED) is 0.723. The molecule has 0 N–H and O–H groups in total. The van der Waals surface area contributed by atoms with Gasteiger partial charge in [-0.25, -0.2) is 0 Å². The number of hydrogen-bond acceptors (Lipinski definition) is 1. The van der Waals surface area contributed by atoms with Gasteiger partial charge in [-0.15, -0.1) is 0 Å². The van der Waals surface area contributed by atoms with Crippen molar-refractivity contribution in [2.45, 2.75) is 34.1 Å². The molecule has 0 bridgehead atoms. The van der Waals surface area contributed by atoms with Crippen LogP contribution in [0, 0.1) is 11.3 Å². The summed E-state index contributed by atoms with van der Waals surface area (Å²) < 4.78 is 0. The van der Waals surface area contributed by atoms with Gasteiger partial charge in [0.2, 0.25) is 0 Å². The van der Waals surface area contributed by atoms with Crippen molar-refractivity contribution in [2.24, 2.45) is 16.3 Å². The molecule has 1 unspecified atom stereocenters. The molecule has 0 amide bonds. The lowest BCUT2D eigenvalue weighted by molar-refractivity contribution is 0.634. The third-order valence-electron chi connectivity index (χ3n) is 3.52. The molecule has 1 aromatic carbocycles. The van der Waals surface area contributed by atoms with E-state index in [-0.39, 0.29) is 5.41 Å². The van der Waals surface area contributed by atoms with Gasteiger partial charge in [0.25, 0.3) is 0 Å². The van der Waals surface area contributed by atoms with Gasteiger partial charge >= 0.3 is 0 Å². The molecule has 1 heterocycles. The van der Waals surface area contributed by atoms with Gasteiger partial charge in [-0.1, -0.05) is 64.1 Å². The van der Waals surface area contributed by atoms with Gasteiger partial charge in [-0.3, -0.25) is 4.99 Å². The Bertz CT molecular complexity index is 452. The summed E-state index contributed by atoms with van der Waals surface area (Å²) in [5, 5.41) is 0. The third kappa shape index (κ3) is 2.33. The minimum Gasteiger partial charge on any atom is -0.256 e. The predicted molar refractivity (Wildman–Crippen MR) is 74.3 cm³/mol. The standard InChI is InChI=1S/C16H21N/c1-5-12(2)14-11-16(3,4)15(17-14)13-9-7-6-8-10-13/h6-12H,5H2,1-4H3. The van der Waals surface area contributed by atoms with E-state index in [0.717, 1.165) is 6.42 Å². The van der Waals surface area contributed by atoms with E-state index in [1.807, 2.05) is 0 Å². The van der Waals surface area contributed by atoms with Crippen molar-refractivity contribution in [3.8, 4) is 0 Å². The zero-order valence-corrected chi connectivity index (χ0v) is 11.2. The molecule has 1 aliphatic rings. The highest BCUT2D eigenvalue weighted by atomic mass is 14.8. The first kappa shape index (κ1) is 12.1. The highest BCUT2D eigenvalue weighted by molar-refractivity contribution is 6.07. The molecule has 0 radical (unpaired) electrons. The van der Waals surface area contributed by atoms with Gasteiger partial charge in [-0.2, -0.15) is 0 Å². The minimum absolute atomic E-state index is 0.0557. The highest BCUT2D eigenvalue weighted by Crippen LogP contribution is 2.35. The molecule has 1 atom stereocenters. The maximum Gasteiger partial charge on any atom is 0.0573 e. The van der Waals surface area contributed by atoms with Crippen molar-refractivity contribution in [1.82, 2.24) is 0 Å². The van der Waals surface area contributed by atoms with Crippen molar-refractivity contribution < 1.29 is 0 Å². The van der Waals surface area contributed by atoms with E-state index >= 15 is 0 Å². The van der Waals surface area contributed by atoms with E-state index in [2.05, 4.69) is 64.1 Å². The molecule has 17 heavy (non-hydrogen) atoms. The second-order valence-electron chi connectivity index (χ2n) is 5.43. The Hall–Kier alpha value is -1.37. The van der Waals surface area contributed by atoms with E-state index in [1.54, 1.807) is 0 Å². The fraction of sp³-hybridized carbons (Fsp3) is 0.438. The smallest absolute Gasteiger partial charge is 0.0573 e. The largest absolute Gasteiger partial charge is 0.256 e. The Morgan fingerprint density at radius 1 is 1.18 bits per heavy atom. The monoisotopic (exact) mass is 227 g/mol. The summed E-state index contributed by atoms with van der Waals surface area (Å²) in [6.45, 7) is 8.95. The topological polar surface area (TPSA) is 12.4 Å². The van der Waals surface area contributed by atoms with Crippen LogP contribution in [0.4, 0.5) is 0 Å². The Balaban J connectivity index is 2.38. The number of allylic oxidation sites excluding steroid dienone is 2. The zero-order valence-electron chi connectivity index (χ0n) is 11.2. The van der Waals surface area contributed by atoms with Crippen LogP contribution in [0.3, 0.4) is 0 Å². The van der Waals surface area contributed by atoms with E-state index in [0.29, 0.717) is 5.92 Å². The zero-order chi connectivity index (χ0) is 12.5. The van der Waals surface area contributed by atoms with Crippen molar-refractivity contribution in [2.75, 3.05) is 0 Å². The summed E-state index contributed by atoms with van der Waals surface area (Å²) in [5.74, 6) is 0.551. The van der Waals surface area contributed by atoms with Crippen LogP contribution in [0.5, 0.6) is 0 Å². The fourth-order valence-corrected chi connectivity index (χ4v) is 2.24. The Morgan fingerprint density at radius 2 is 1.82 bits per heavy atom. The summed E-state index contributed by atoms with van der Waals surface area (Å²) in [5.41, 5.74) is 3.75. The highest BCUT2D eigenvalue weighted by Gasteiger charge is 2.30. The Kier molecular flexibility index (Phi) is 3.19. The van der Waals surface area contributed by atoms with Crippen LogP contribution >= 0.6 is 0 Å². The normalized spacial score (nSPS) is 19.8. The van der Waals surface area contributed by atoms with E-state index in [4.69, 9.17) is 4.99 Å². The fourth-order valence-electron chi connectivity index (χ4n) is 2.24. The molecular formula is C16H21N. The predicted octanol–water partition coefficient (Wildman–Crippen LogP) is 4.45. The van der Waals surface area contributed by atoms with E-state index in [9.17, 15) is 0 Å². The molecule has 0 spiro atoms. The molecule has 90 valence electrons. The third-order valence-corrected chi connectivity index (χ3v) is 3.52. The van der Waals surface area contributed by atoms with Crippen molar-refractivity contribution in [3.63, 3.8) is 0 Å². The molecule has 1 aliphatic heterocycles. The maximum absolute atomic E-state index is 4.86. The number of rotatable bonds is 3. The van der Waals surface area contributed by atoms with Gasteiger partial charge in [0, 0.05) is 11.1 Å².